The Balaban J connectivity index is 1.31. The molecule has 11 nitrogen and oxygen atoms in total. The van der Waals surface area contributed by atoms with Crippen molar-refractivity contribution in [2.45, 2.75) is 142 Å². The Kier molecular flexibility index (Phi) is 14.4. The van der Waals surface area contributed by atoms with Crippen molar-refractivity contribution < 1.29 is 29.4 Å². The van der Waals surface area contributed by atoms with E-state index in [1.54, 1.807) is 12.0 Å². The molecule has 1 heterocycles. The van der Waals surface area contributed by atoms with Crippen LogP contribution in [0.2, 0.25) is 0 Å². The molecular formula is C42H77N5O6. The molecule has 5 saturated carbocycles. The standard InChI is InChI=1S/C42H77N5O6/c1-24(2)17-30(22-45(7)8)43-40(50)32-18-27(15-16-35(32)46(9)10)31-14-12-13-28(39(31)52-11)21-47-38(37(26(4)49)36(23-48)53-47)41(51)44-34-20-29-19-33(25(34)3)42(29,5)6/h24-39,48-49H,12-23H2,1-11H3,(H,43,50)(H,44,51)/t25-,26-,27?,28?,29+,30-,31?,32?,33-,34-,35?,36-,37+,38-,39?/m0/s1. The molecule has 6 unspecified atom stereocenters. The van der Waals surface area contributed by atoms with Crippen LogP contribution in [0, 0.1) is 58.7 Å². The van der Waals surface area contributed by atoms with Crippen LogP contribution in [0.4, 0.5) is 0 Å². The molecule has 2 amide bonds. The highest BCUT2D eigenvalue weighted by molar-refractivity contribution is 5.83. The number of fused-ring (bicyclic) bond motifs is 2. The number of hydrogen-bond donors (Lipinski definition) is 4. The Morgan fingerprint density at radius 1 is 1.02 bits per heavy atom. The van der Waals surface area contributed by atoms with Crippen LogP contribution in [0.25, 0.3) is 0 Å². The van der Waals surface area contributed by atoms with Gasteiger partial charge in [0.1, 0.15) is 12.1 Å². The van der Waals surface area contributed by atoms with Gasteiger partial charge in [-0.25, -0.2) is 0 Å². The predicted octanol–water partition coefficient (Wildman–Crippen LogP) is 4.02. The van der Waals surface area contributed by atoms with Crippen LogP contribution in [0.1, 0.15) is 99.3 Å². The van der Waals surface area contributed by atoms with E-state index >= 15 is 0 Å². The van der Waals surface area contributed by atoms with Gasteiger partial charge in [0.25, 0.3) is 0 Å². The van der Waals surface area contributed by atoms with Gasteiger partial charge in [-0.05, 0) is 127 Å². The van der Waals surface area contributed by atoms with Crippen LogP contribution in [-0.4, -0.2) is 134 Å². The lowest BCUT2D eigenvalue weighted by atomic mass is 9.45. The van der Waals surface area contributed by atoms with Crippen LogP contribution in [-0.2, 0) is 19.2 Å². The number of aliphatic hydroxyl groups excluding tert-OH is 2. The summed E-state index contributed by atoms with van der Waals surface area (Å²) in [6.07, 6.45) is 7.54. The first-order valence-electron chi connectivity index (χ1n) is 21.1. The first-order chi connectivity index (χ1) is 25.0. The van der Waals surface area contributed by atoms with Crippen molar-refractivity contribution in [1.29, 1.82) is 0 Å². The summed E-state index contributed by atoms with van der Waals surface area (Å²) in [6.45, 7) is 14.2. The molecule has 1 saturated heterocycles. The highest BCUT2D eigenvalue weighted by Crippen LogP contribution is 2.61. The van der Waals surface area contributed by atoms with Gasteiger partial charge in [-0.3, -0.25) is 14.4 Å². The molecule has 6 aliphatic rings. The number of hydrogen-bond acceptors (Lipinski definition) is 9. The largest absolute Gasteiger partial charge is 0.394 e. The highest BCUT2D eigenvalue weighted by atomic mass is 16.7. The maximum absolute atomic E-state index is 14.3. The monoisotopic (exact) mass is 748 g/mol. The summed E-state index contributed by atoms with van der Waals surface area (Å²) in [5.74, 6) is 2.27. The molecular weight excluding hydrogens is 670 g/mol. The summed E-state index contributed by atoms with van der Waals surface area (Å²) in [6, 6.07) is -0.294. The van der Waals surface area contributed by atoms with Crippen molar-refractivity contribution in [1.82, 2.24) is 25.5 Å². The molecule has 5 aliphatic carbocycles. The van der Waals surface area contributed by atoms with Crippen molar-refractivity contribution >= 4 is 11.8 Å². The van der Waals surface area contributed by atoms with E-state index in [2.05, 4.69) is 83.2 Å². The fourth-order valence-corrected chi connectivity index (χ4v) is 12.1. The summed E-state index contributed by atoms with van der Waals surface area (Å²) in [5.41, 5.74) is 0.317. The molecule has 53 heavy (non-hydrogen) atoms. The first kappa shape index (κ1) is 42.8. The number of hydroxylamine groups is 2. The second kappa shape index (κ2) is 17.9. The Morgan fingerprint density at radius 3 is 2.30 bits per heavy atom. The van der Waals surface area contributed by atoms with Gasteiger partial charge >= 0.3 is 0 Å². The Morgan fingerprint density at radius 2 is 1.74 bits per heavy atom. The fourth-order valence-electron chi connectivity index (χ4n) is 12.1. The van der Waals surface area contributed by atoms with E-state index in [1.165, 1.54) is 6.42 Å². The van der Waals surface area contributed by atoms with E-state index in [1.807, 2.05) is 7.11 Å². The molecule has 2 bridgehead atoms. The second-order valence-corrected chi connectivity index (χ2v) is 19.6. The van der Waals surface area contributed by atoms with Gasteiger partial charge in [-0.2, -0.15) is 5.06 Å². The summed E-state index contributed by atoms with van der Waals surface area (Å²) < 4.78 is 6.40. The van der Waals surface area contributed by atoms with E-state index in [0.29, 0.717) is 47.5 Å². The van der Waals surface area contributed by atoms with Gasteiger partial charge in [0, 0.05) is 50.2 Å². The number of methoxy groups -OCH3 is 1. The SMILES string of the molecule is COC1C(CN2O[C@@H](CO)[C@@H]([C@H](C)O)[C@H]2C(=O)N[C@H]2C[C@H]3C[C@@H]([C@@H]2C)C3(C)C)CCCC1C1CCC(N(C)C)C(C(=O)N[C@@H](CC(C)C)CN(C)C)C1. The number of aliphatic hydroxyl groups is 2. The summed E-state index contributed by atoms with van der Waals surface area (Å²) in [4.78, 5) is 39.2. The number of carbonyl (C=O) groups is 2. The van der Waals surface area contributed by atoms with Crippen molar-refractivity contribution in [2.75, 3.05) is 55.0 Å². The lowest BCUT2D eigenvalue weighted by Gasteiger charge is -2.62. The van der Waals surface area contributed by atoms with E-state index < -0.39 is 24.2 Å². The topological polar surface area (TPSA) is 127 Å². The zero-order valence-electron chi connectivity index (χ0n) is 35.1. The molecule has 15 atom stereocenters. The molecule has 306 valence electrons. The number of likely N-dealkylation sites (N-methyl/N-ethyl adjacent to an activating group) is 1. The number of ether oxygens (including phenoxy) is 1. The van der Waals surface area contributed by atoms with Crippen LogP contribution < -0.4 is 10.6 Å². The molecule has 0 spiro atoms. The predicted molar refractivity (Wildman–Crippen MR) is 209 cm³/mol. The lowest BCUT2D eigenvalue weighted by molar-refractivity contribution is -0.193. The van der Waals surface area contributed by atoms with Crippen molar-refractivity contribution in [3.05, 3.63) is 0 Å². The van der Waals surface area contributed by atoms with Crippen LogP contribution in [0.5, 0.6) is 0 Å². The summed E-state index contributed by atoms with van der Waals surface area (Å²) in [5, 5.41) is 30.1. The molecule has 11 heteroatoms. The van der Waals surface area contributed by atoms with Gasteiger partial charge < -0.3 is 35.4 Å². The Bertz CT molecular complexity index is 1200. The van der Waals surface area contributed by atoms with Crippen molar-refractivity contribution in [3.63, 3.8) is 0 Å². The number of amides is 2. The normalized spacial score (nSPS) is 39.9. The molecule has 1 aliphatic heterocycles. The van der Waals surface area contributed by atoms with E-state index in [0.717, 1.165) is 57.9 Å². The average Bonchev–Trinajstić information content (AvgIpc) is 3.46. The molecule has 4 N–H and O–H groups in total. The quantitative estimate of drug-likeness (QED) is 0.197. The zero-order valence-corrected chi connectivity index (χ0v) is 35.1. The second-order valence-electron chi connectivity index (χ2n) is 19.6. The van der Waals surface area contributed by atoms with Gasteiger partial charge in [-0.15, -0.1) is 0 Å². The van der Waals surface area contributed by atoms with Gasteiger partial charge in [-0.1, -0.05) is 41.0 Å². The minimum absolute atomic E-state index is 0.0472. The molecule has 6 rings (SSSR count). The van der Waals surface area contributed by atoms with Crippen LogP contribution >= 0.6 is 0 Å². The fraction of sp³-hybridized carbons (Fsp3) is 0.952. The third-order valence-corrected chi connectivity index (χ3v) is 14.9. The Labute approximate surface area is 321 Å². The van der Waals surface area contributed by atoms with Crippen molar-refractivity contribution in [3.8, 4) is 0 Å². The average molecular weight is 748 g/mol. The molecule has 6 fully saturated rings. The molecule has 0 aromatic heterocycles. The maximum atomic E-state index is 14.3. The van der Waals surface area contributed by atoms with E-state index in [-0.39, 0.29) is 54.5 Å². The van der Waals surface area contributed by atoms with E-state index in [4.69, 9.17) is 9.57 Å². The van der Waals surface area contributed by atoms with Crippen LogP contribution in [0.15, 0.2) is 0 Å². The van der Waals surface area contributed by atoms with Gasteiger partial charge in [0.05, 0.1) is 24.7 Å². The van der Waals surface area contributed by atoms with E-state index in [9.17, 15) is 19.8 Å². The van der Waals surface area contributed by atoms with Crippen LogP contribution in [0.3, 0.4) is 0 Å². The van der Waals surface area contributed by atoms with Crippen molar-refractivity contribution in [2.24, 2.45) is 58.7 Å². The number of carbonyl (C=O) groups excluding carboxylic acids is 2. The number of rotatable bonds is 15. The highest BCUT2D eigenvalue weighted by Gasteiger charge is 2.58. The summed E-state index contributed by atoms with van der Waals surface area (Å²) >= 11 is 0. The Hall–Kier alpha value is -1.34. The number of nitrogens with one attached hydrogen (secondary N) is 2. The minimum atomic E-state index is -0.825. The maximum Gasteiger partial charge on any atom is 0.240 e. The first-order valence-corrected chi connectivity index (χ1v) is 21.1. The molecule has 0 aromatic carbocycles. The van der Waals surface area contributed by atoms with Gasteiger partial charge in [0.15, 0.2) is 0 Å². The summed E-state index contributed by atoms with van der Waals surface area (Å²) in [7, 11) is 10.2. The smallest absolute Gasteiger partial charge is 0.240 e. The lowest BCUT2D eigenvalue weighted by Crippen LogP contribution is -2.62. The minimum Gasteiger partial charge on any atom is -0.394 e. The third kappa shape index (κ3) is 9.29. The molecule has 0 aromatic rings. The molecule has 0 radical (unpaired) electrons. The number of nitrogens with zero attached hydrogens (tertiary/aromatic N) is 3. The third-order valence-electron chi connectivity index (χ3n) is 14.9. The zero-order chi connectivity index (χ0) is 38.9. The van der Waals surface area contributed by atoms with Gasteiger partial charge in [0.2, 0.25) is 11.8 Å².